The van der Waals surface area contributed by atoms with Crippen molar-refractivity contribution in [2.45, 2.75) is 52.0 Å². The van der Waals surface area contributed by atoms with Crippen LogP contribution in [-0.2, 0) is 4.79 Å². The Morgan fingerprint density at radius 2 is 2.15 bits per heavy atom. The van der Waals surface area contributed by atoms with Gasteiger partial charge in [0.25, 0.3) is 0 Å². The first kappa shape index (κ1) is 10.7. The molecule has 1 rings (SSSR count). The normalized spacial score (nSPS) is 22.1. The maximum absolute atomic E-state index is 10.9. The standard InChI is InChI=1S/C11H21NO/c1-8(6-10-4-3-5-10)7-11(12)9(2)13/h8,10-11H,3-7,12H2,1-2H3/t8-,11-/m0/s1. The van der Waals surface area contributed by atoms with E-state index in [9.17, 15) is 4.79 Å². The smallest absolute Gasteiger partial charge is 0.146 e. The van der Waals surface area contributed by atoms with E-state index in [1.165, 1.54) is 25.7 Å². The summed E-state index contributed by atoms with van der Waals surface area (Å²) >= 11 is 0. The van der Waals surface area contributed by atoms with Gasteiger partial charge in [-0.3, -0.25) is 4.79 Å². The minimum atomic E-state index is -0.227. The van der Waals surface area contributed by atoms with Crippen LogP contribution in [0.3, 0.4) is 0 Å². The van der Waals surface area contributed by atoms with Crippen molar-refractivity contribution >= 4 is 5.78 Å². The minimum Gasteiger partial charge on any atom is -0.322 e. The van der Waals surface area contributed by atoms with E-state index in [0.717, 1.165) is 12.3 Å². The number of carbonyl (C=O) groups is 1. The van der Waals surface area contributed by atoms with Gasteiger partial charge in [0, 0.05) is 0 Å². The van der Waals surface area contributed by atoms with Crippen molar-refractivity contribution in [3.63, 3.8) is 0 Å². The van der Waals surface area contributed by atoms with Gasteiger partial charge in [-0.1, -0.05) is 26.2 Å². The number of Topliss-reactive ketones (excluding diaryl/α,β-unsaturated/α-hetero) is 1. The van der Waals surface area contributed by atoms with Gasteiger partial charge in [-0.15, -0.1) is 0 Å². The maximum Gasteiger partial charge on any atom is 0.146 e. The summed E-state index contributed by atoms with van der Waals surface area (Å²) in [6.07, 6.45) is 6.31. The SMILES string of the molecule is CC(=O)[C@@H](N)C[C@@H](C)CC1CCC1. The molecule has 0 unspecified atom stereocenters. The van der Waals surface area contributed by atoms with Gasteiger partial charge >= 0.3 is 0 Å². The van der Waals surface area contributed by atoms with Crippen molar-refractivity contribution < 1.29 is 4.79 Å². The number of rotatable bonds is 5. The third-order valence-corrected chi connectivity index (χ3v) is 3.14. The van der Waals surface area contributed by atoms with Crippen LogP contribution in [0.1, 0.15) is 46.0 Å². The van der Waals surface area contributed by atoms with Gasteiger partial charge in [0.15, 0.2) is 0 Å². The van der Waals surface area contributed by atoms with Gasteiger partial charge in [-0.2, -0.15) is 0 Å². The molecule has 0 spiro atoms. The zero-order valence-corrected chi connectivity index (χ0v) is 8.75. The largest absolute Gasteiger partial charge is 0.322 e. The van der Waals surface area contributed by atoms with Crippen LogP contribution in [0.5, 0.6) is 0 Å². The molecule has 0 saturated heterocycles. The Balaban J connectivity index is 2.15. The molecule has 13 heavy (non-hydrogen) atoms. The number of hydrogen-bond donors (Lipinski definition) is 1. The summed E-state index contributed by atoms with van der Waals surface area (Å²) in [7, 11) is 0. The van der Waals surface area contributed by atoms with Crippen molar-refractivity contribution in [3.8, 4) is 0 Å². The Morgan fingerprint density at radius 3 is 2.54 bits per heavy atom. The average molecular weight is 183 g/mol. The molecule has 0 aromatic carbocycles. The zero-order valence-electron chi connectivity index (χ0n) is 8.75. The highest BCUT2D eigenvalue weighted by molar-refractivity contribution is 5.81. The highest BCUT2D eigenvalue weighted by Crippen LogP contribution is 2.33. The highest BCUT2D eigenvalue weighted by Gasteiger charge is 2.21. The summed E-state index contributed by atoms with van der Waals surface area (Å²) < 4.78 is 0. The predicted octanol–water partition coefficient (Wildman–Crippen LogP) is 2.12. The lowest BCUT2D eigenvalue weighted by atomic mass is 9.78. The van der Waals surface area contributed by atoms with Crippen LogP contribution in [-0.4, -0.2) is 11.8 Å². The third-order valence-electron chi connectivity index (χ3n) is 3.14. The van der Waals surface area contributed by atoms with Crippen LogP contribution >= 0.6 is 0 Å². The molecule has 1 aliphatic rings. The summed E-state index contributed by atoms with van der Waals surface area (Å²) in [5.74, 6) is 1.67. The molecule has 0 heterocycles. The second-order valence-corrected chi connectivity index (χ2v) is 4.59. The van der Waals surface area contributed by atoms with E-state index in [4.69, 9.17) is 5.73 Å². The van der Waals surface area contributed by atoms with Crippen molar-refractivity contribution in [3.05, 3.63) is 0 Å². The summed E-state index contributed by atoms with van der Waals surface area (Å²) in [5.41, 5.74) is 5.70. The van der Waals surface area contributed by atoms with Crippen LogP contribution in [0.4, 0.5) is 0 Å². The van der Waals surface area contributed by atoms with Crippen LogP contribution in [0.2, 0.25) is 0 Å². The van der Waals surface area contributed by atoms with E-state index in [-0.39, 0.29) is 11.8 Å². The van der Waals surface area contributed by atoms with E-state index >= 15 is 0 Å². The van der Waals surface area contributed by atoms with E-state index in [1.54, 1.807) is 6.92 Å². The monoisotopic (exact) mass is 183 g/mol. The Morgan fingerprint density at radius 1 is 1.54 bits per heavy atom. The fraction of sp³-hybridized carbons (Fsp3) is 0.909. The van der Waals surface area contributed by atoms with E-state index in [2.05, 4.69) is 6.92 Å². The lowest BCUT2D eigenvalue weighted by Gasteiger charge is -2.28. The molecule has 2 atom stereocenters. The molecular formula is C11H21NO. The molecule has 0 bridgehead atoms. The van der Waals surface area contributed by atoms with Crippen molar-refractivity contribution in [2.24, 2.45) is 17.6 Å². The Bertz CT molecular complexity index is 175. The fourth-order valence-electron chi connectivity index (χ4n) is 1.99. The number of nitrogens with two attached hydrogens (primary N) is 1. The quantitative estimate of drug-likeness (QED) is 0.709. The first-order valence-electron chi connectivity index (χ1n) is 5.35. The van der Waals surface area contributed by atoms with Crippen molar-refractivity contribution in [2.75, 3.05) is 0 Å². The summed E-state index contributed by atoms with van der Waals surface area (Å²) in [4.78, 5) is 10.9. The van der Waals surface area contributed by atoms with E-state index in [1.807, 2.05) is 0 Å². The third kappa shape index (κ3) is 3.47. The maximum atomic E-state index is 10.9. The number of ketones is 1. The van der Waals surface area contributed by atoms with Gasteiger partial charge in [0.05, 0.1) is 6.04 Å². The molecule has 2 heteroatoms. The molecule has 0 amide bonds. The lowest BCUT2D eigenvalue weighted by molar-refractivity contribution is -0.118. The van der Waals surface area contributed by atoms with Crippen LogP contribution in [0.15, 0.2) is 0 Å². The van der Waals surface area contributed by atoms with E-state index < -0.39 is 0 Å². The highest BCUT2D eigenvalue weighted by atomic mass is 16.1. The molecule has 0 aliphatic heterocycles. The molecule has 2 nitrogen and oxygen atoms in total. The molecule has 1 fully saturated rings. The van der Waals surface area contributed by atoms with Crippen molar-refractivity contribution in [1.82, 2.24) is 0 Å². The molecule has 0 radical (unpaired) electrons. The first-order chi connectivity index (χ1) is 6.09. The van der Waals surface area contributed by atoms with Gasteiger partial charge < -0.3 is 5.73 Å². The Labute approximate surface area is 80.9 Å². The molecule has 0 aromatic rings. The molecule has 1 aliphatic carbocycles. The van der Waals surface area contributed by atoms with Gasteiger partial charge in [0.1, 0.15) is 5.78 Å². The Kier molecular flexibility index (Phi) is 3.91. The zero-order chi connectivity index (χ0) is 9.84. The van der Waals surface area contributed by atoms with Gasteiger partial charge in [0.2, 0.25) is 0 Å². The average Bonchev–Trinajstić information content (AvgIpc) is 1.96. The summed E-state index contributed by atoms with van der Waals surface area (Å²) in [6.45, 7) is 3.79. The molecule has 1 saturated carbocycles. The van der Waals surface area contributed by atoms with Crippen molar-refractivity contribution in [1.29, 1.82) is 0 Å². The van der Waals surface area contributed by atoms with Gasteiger partial charge in [-0.05, 0) is 31.6 Å². The Hall–Kier alpha value is -0.370. The molecular weight excluding hydrogens is 162 g/mol. The lowest BCUT2D eigenvalue weighted by Crippen LogP contribution is -2.31. The number of carbonyl (C=O) groups excluding carboxylic acids is 1. The second kappa shape index (κ2) is 4.75. The summed E-state index contributed by atoms with van der Waals surface area (Å²) in [5, 5.41) is 0. The number of hydrogen-bond acceptors (Lipinski definition) is 2. The topological polar surface area (TPSA) is 43.1 Å². The predicted molar refractivity (Wildman–Crippen MR) is 54.4 cm³/mol. The first-order valence-corrected chi connectivity index (χ1v) is 5.35. The van der Waals surface area contributed by atoms with E-state index in [0.29, 0.717) is 5.92 Å². The van der Waals surface area contributed by atoms with Gasteiger partial charge in [-0.25, -0.2) is 0 Å². The molecule has 0 aromatic heterocycles. The summed E-state index contributed by atoms with van der Waals surface area (Å²) in [6, 6.07) is -0.227. The second-order valence-electron chi connectivity index (χ2n) is 4.59. The van der Waals surface area contributed by atoms with Crippen LogP contribution in [0, 0.1) is 11.8 Å². The van der Waals surface area contributed by atoms with Crippen LogP contribution in [0.25, 0.3) is 0 Å². The van der Waals surface area contributed by atoms with Crippen LogP contribution < -0.4 is 5.73 Å². The fourth-order valence-corrected chi connectivity index (χ4v) is 1.99. The molecule has 2 N–H and O–H groups in total. The minimum absolute atomic E-state index is 0.125. The molecule has 76 valence electrons.